The number of imidazole rings is 1. The van der Waals surface area contributed by atoms with Crippen molar-refractivity contribution >= 4 is 17.1 Å². The standard InChI is InChI=1S/C11H17N5O3/c1-6(4-5-17)12-10-13-7-8(14-10)15(2)11(19)16(3)9(7)18/h6,17H,4-5H2,1-3H3,(H2,12,13,14)/t6-/m1/s1. The lowest BCUT2D eigenvalue weighted by atomic mass is 10.2. The number of hydrogen-bond donors (Lipinski definition) is 3. The molecule has 0 aliphatic rings. The summed E-state index contributed by atoms with van der Waals surface area (Å²) in [6.07, 6.45) is 0.563. The third kappa shape index (κ3) is 2.26. The number of nitrogens with zero attached hydrogens (tertiary/aromatic N) is 3. The Balaban J connectivity index is 2.52. The molecular formula is C11H17N5O3. The maximum absolute atomic E-state index is 11.9. The summed E-state index contributed by atoms with van der Waals surface area (Å²) < 4.78 is 2.34. The minimum absolute atomic E-state index is 0.00597. The second kappa shape index (κ2) is 4.88. The molecule has 0 radical (unpaired) electrons. The second-order valence-electron chi connectivity index (χ2n) is 4.55. The van der Waals surface area contributed by atoms with Gasteiger partial charge < -0.3 is 15.4 Å². The number of aryl methyl sites for hydroxylation is 1. The zero-order chi connectivity index (χ0) is 14.2. The molecule has 0 fully saturated rings. The molecule has 0 spiro atoms. The molecule has 0 aliphatic heterocycles. The van der Waals surface area contributed by atoms with Gasteiger partial charge in [0.25, 0.3) is 5.56 Å². The Kier molecular flexibility index (Phi) is 3.43. The van der Waals surface area contributed by atoms with Gasteiger partial charge in [-0.05, 0) is 13.3 Å². The van der Waals surface area contributed by atoms with Crippen LogP contribution in [0.5, 0.6) is 0 Å². The minimum atomic E-state index is -0.418. The van der Waals surface area contributed by atoms with E-state index < -0.39 is 11.2 Å². The van der Waals surface area contributed by atoms with Gasteiger partial charge in [0.05, 0.1) is 0 Å². The van der Waals surface area contributed by atoms with Gasteiger partial charge in [0.15, 0.2) is 11.2 Å². The number of aliphatic hydroxyl groups excluding tert-OH is 1. The normalized spacial score (nSPS) is 12.8. The number of fused-ring (bicyclic) bond motifs is 1. The van der Waals surface area contributed by atoms with Crippen molar-refractivity contribution in [1.82, 2.24) is 19.1 Å². The summed E-state index contributed by atoms with van der Waals surface area (Å²) in [5.74, 6) is 0.411. The number of H-pyrrole nitrogens is 1. The van der Waals surface area contributed by atoms with Crippen molar-refractivity contribution in [2.45, 2.75) is 19.4 Å². The summed E-state index contributed by atoms with van der Waals surface area (Å²) in [7, 11) is 2.98. The highest BCUT2D eigenvalue weighted by atomic mass is 16.3. The van der Waals surface area contributed by atoms with Gasteiger partial charge in [-0.1, -0.05) is 0 Å². The van der Waals surface area contributed by atoms with E-state index in [0.717, 1.165) is 4.57 Å². The van der Waals surface area contributed by atoms with Crippen LogP contribution in [0.2, 0.25) is 0 Å². The maximum Gasteiger partial charge on any atom is 0.332 e. The summed E-state index contributed by atoms with van der Waals surface area (Å²) in [6.45, 7) is 1.95. The van der Waals surface area contributed by atoms with Crippen molar-refractivity contribution in [3.05, 3.63) is 20.8 Å². The van der Waals surface area contributed by atoms with Crippen LogP contribution in [0.1, 0.15) is 13.3 Å². The molecule has 19 heavy (non-hydrogen) atoms. The fraction of sp³-hybridized carbons (Fsp3) is 0.545. The van der Waals surface area contributed by atoms with E-state index in [1.165, 1.54) is 11.6 Å². The summed E-state index contributed by atoms with van der Waals surface area (Å²) in [5.41, 5.74) is -0.234. The van der Waals surface area contributed by atoms with E-state index in [9.17, 15) is 9.59 Å². The summed E-state index contributed by atoms with van der Waals surface area (Å²) in [6, 6.07) is 0.00597. The minimum Gasteiger partial charge on any atom is -0.396 e. The maximum atomic E-state index is 11.9. The third-order valence-electron chi connectivity index (χ3n) is 3.04. The Morgan fingerprint density at radius 1 is 1.37 bits per heavy atom. The lowest BCUT2D eigenvalue weighted by molar-refractivity contribution is 0.282. The summed E-state index contributed by atoms with van der Waals surface area (Å²) in [5, 5.41) is 11.9. The number of anilines is 1. The van der Waals surface area contributed by atoms with Crippen molar-refractivity contribution in [2.24, 2.45) is 14.1 Å². The number of aromatic nitrogens is 4. The highest BCUT2D eigenvalue weighted by molar-refractivity contribution is 5.72. The van der Waals surface area contributed by atoms with Gasteiger partial charge >= 0.3 is 5.69 Å². The second-order valence-corrected chi connectivity index (χ2v) is 4.55. The van der Waals surface area contributed by atoms with E-state index >= 15 is 0 Å². The van der Waals surface area contributed by atoms with Gasteiger partial charge in [-0.3, -0.25) is 13.9 Å². The fourth-order valence-electron chi connectivity index (χ4n) is 1.89. The topological polar surface area (TPSA) is 105 Å². The number of aliphatic hydroxyl groups is 1. The van der Waals surface area contributed by atoms with Gasteiger partial charge in [-0.15, -0.1) is 0 Å². The van der Waals surface area contributed by atoms with Crippen LogP contribution in [-0.4, -0.2) is 36.9 Å². The SMILES string of the molecule is C[C@H](CCO)Nc1nc2c([nH]1)c(=O)n(C)c(=O)n2C. The average molecular weight is 267 g/mol. The van der Waals surface area contributed by atoms with Crippen molar-refractivity contribution in [2.75, 3.05) is 11.9 Å². The molecule has 2 aromatic heterocycles. The molecule has 3 N–H and O–H groups in total. The smallest absolute Gasteiger partial charge is 0.332 e. The summed E-state index contributed by atoms with van der Waals surface area (Å²) >= 11 is 0. The van der Waals surface area contributed by atoms with Crippen LogP contribution in [0.3, 0.4) is 0 Å². The predicted octanol–water partition coefficient (Wildman–Crippen LogP) is -0.857. The van der Waals surface area contributed by atoms with Crippen molar-refractivity contribution in [3.63, 3.8) is 0 Å². The van der Waals surface area contributed by atoms with E-state index in [0.29, 0.717) is 18.0 Å². The highest BCUT2D eigenvalue weighted by Gasteiger charge is 2.14. The average Bonchev–Trinajstić information content (AvgIpc) is 2.78. The zero-order valence-corrected chi connectivity index (χ0v) is 11.1. The van der Waals surface area contributed by atoms with Gasteiger partial charge in [0.2, 0.25) is 5.95 Å². The van der Waals surface area contributed by atoms with Crippen molar-refractivity contribution < 1.29 is 5.11 Å². The van der Waals surface area contributed by atoms with Gasteiger partial charge in [0.1, 0.15) is 0 Å². The van der Waals surface area contributed by atoms with Crippen LogP contribution < -0.4 is 16.6 Å². The van der Waals surface area contributed by atoms with Gasteiger partial charge in [-0.25, -0.2) is 4.79 Å². The number of aromatic amines is 1. The molecule has 0 saturated heterocycles. The van der Waals surface area contributed by atoms with Crippen LogP contribution >= 0.6 is 0 Å². The molecule has 8 heteroatoms. The molecule has 2 heterocycles. The first-order chi connectivity index (χ1) is 8.95. The van der Waals surface area contributed by atoms with E-state index in [-0.39, 0.29) is 18.2 Å². The largest absolute Gasteiger partial charge is 0.396 e. The predicted molar refractivity (Wildman–Crippen MR) is 71.4 cm³/mol. The molecule has 0 amide bonds. The molecule has 0 bridgehead atoms. The summed E-state index contributed by atoms with van der Waals surface area (Å²) in [4.78, 5) is 30.8. The van der Waals surface area contributed by atoms with Crippen LogP contribution in [0, 0.1) is 0 Å². The molecule has 0 aliphatic carbocycles. The lowest BCUT2D eigenvalue weighted by Gasteiger charge is -2.10. The van der Waals surface area contributed by atoms with Gasteiger partial charge in [-0.2, -0.15) is 4.98 Å². The highest BCUT2D eigenvalue weighted by Crippen LogP contribution is 2.10. The first-order valence-electron chi connectivity index (χ1n) is 5.98. The molecule has 1 atom stereocenters. The monoisotopic (exact) mass is 267 g/mol. The molecule has 0 aromatic carbocycles. The van der Waals surface area contributed by atoms with Crippen LogP contribution in [0.4, 0.5) is 5.95 Å². The number of nitrogens with one attached hydrogen (secondary N) is 2. The first kappa shape index (κ1) is 13.3. The Morgan fingerprint density at radius 3 is 2.68 bits per heavy atom. The molecule has 2 rings (SSSR count). The van der Waals surface area contributed by atoms with E-state index in [2.05, 4.69) is 15.3 Å². The molecule has 2 aromatic rings. The number of hydrogen-bond acceptors (Lipinski definition) is 5. The van der Waals surface area contributed by atoms with Crippen LogP contribution in [-0.2, 0) is 14.1 Å². The quantitative estimate of drug-likeness (QED) is 0.669. The third-order valence-corrected chi connectivity index (χ3v) is 3.04. The molecule has 0 saturated carbocycles. The van der Waals surface area contributed by atoms with Crippen molar-refractivity contribution in [3.8, 4) is 0 Å². The van der Waals surface area contributed by atoms with E-state index in [1.54, 1.807) is 7.05 Å². The molecule has 104 valence electrons. The Labute approximate surface area is 108 Å². The lowest BCUT2D eigenvalue weighted by Crippen LogP contribution is -2.36. The Hall–Kier alpha value is -2.09. The van der Waals surface area contributed by atoms with Crippen LogP contribution in [0.15, 0.2) is 9.59 Å². The number of rotatable bonds is 4. The fourth-order valence-corrected chi connectivity index (χ4v) is 1.89. The van der Waals surface area contributed by atoms with Gasteiger partial charge in [0, 0.05) is 26.7 Å². The Bertz CT molecular complexity index is 711. The molecule has 8 nitrogen and oxygen atoms in total. The molecular weight excluding hydrogens is 250 g/mol. The zero-order valence-electron chi connectivity index (χ0n) is 11.1. The molecule has 0 unspecified atom stereocenters. The Morgan fingerprint density at radius 2 is 2.05 bits per heavy atom. The van der Waals surface area contributed by atoms with Crippen LogP contribution in [0.25, 0.3) is 11.2 Å². The van der Waals surface area contributed by atoms with Crippen molar-refractivity contribution in [1.29, 1.82) is 0 Å². The van der Waals surface area contributed by atoms with E-state index in [1.807, 2.05) is 6.92 Å². The first-order valence-corrected chi connectivity index (χ1v) is 5.98. The van der Waals surface area contributed by atoms with E-state index in [4.69, 9.17) is 5.11 Å².